The Morgan fingerprint density at radius 2 is 1.59 bits per heavy atom. The van der Waals surface area contributed by atoms with Gasteiger partial charge in [-0.2, -0.15) is 0 Å². The highest BCUT2D eigenvalue weighted by atomic mass is 28.5. The van der Waals surface area contributed by atoms with Crippen molar-refractivity contribution in [2.75, 3.05) is 12.3 Å². The summed E-state index contributed by atoms with van der Waals surface area (Å²) in [6, 6.07) is 0. The Labute approximate surface area is 203 Å². The number of anilines is 1. The molecule has 0 aromatic carbocycles. The quantitative estimate of drug-likeness (QED) is 0.581. The summed E-state index contributed by atoms with van der Waals surface area (Å²) in [5, 5.41) is 11.5. The standard InChI is InChI=1S/C22H39N5O5Si2/c1-12(2)33(13(3)4)29-9-16-19(31-34(32-33,14(5)6)15(7)8)18(28)22(30-16)27-11-26-17-20(23)24-10-25-21(17)27/h10-16,18-19,22,28H,9H2,1-8H3,(H2,23,24,25)/t16-,18?,19+,22-/m0/s1. The molecule has 2 saturated heterocycles. The minimum absolute atomic E-state index is 0.159. The molecule has 0 spiro atoms. The zero-order valence-corrected chi connectivity index (χ0v) is 23.4. The third-order valence-corrected chi connectivity index (χ3v) is 17.6. The number of hydrogen-bond donors (Lipinski definition) is 2. The highest BCUT2D eigenvalue weighted by Gasteiger charge is 2.61. The molecule has 2 fully saturated rings. The zero-order valence-electron chi connectivity index (χ0n) is 21.4. The number of imidazole rings is 1. The third-order valence-electron chi connectivity index (χ3n) is 7.30. The Bertz CT molecular complexity index is 1000. The molecule has 2 aliphatic rings. The number of aliphatic hydroxyl groups is 1. The van der Waals surface area contributed by atoms with E-state index in [1.54, 1.807) is 10.9 Å². The predicted molar refractivity (Wildman–Crippen MR) is 133 cm³/mol. The molecular formula is C22H39N5O5Si2. The van der Waals surface area contributed by atoms with Crippen molar-refractivity contribution in [3.63, 3.8) is 0 Å². The lowest BCUT2D eigenvalue weighted by molar-refractivity contribution is -0.0570. The maximum atomic E-state index is 11.5. The summed E-state index contributed by atoms with van der Waals surface area (Å²) in [6.07, 6.45) is 0.225. The second kappa shape index (κ2) is 9.23. The second-order valence-electron chi connectivity index (χ2n) is 10.7. The first-order valence-corrected chi connectivity index (χ1v) is 16.2. The van der Waals surface area contributed by atoms with E-state index in [0.29, 0.717) is 17.8 Å². The summed E-state index contributed by atoms with van der Waals surface area (Å²) >= 11 is 0. The molecular weight excluding hydrogens is 470 g/mol. The summed E-state index contributed by atoms with van der Waals surface area (Å²) < 4.78 is 29.0. The number of hydrogen-bond acceptors (Lipinski definition) is 9. The van der Waals surface area contributed by atoms with E-state index in [1.165, 1.54) is 6.33 Å². The number of aliphatic hydroxyl groups excluding tert-OH is 1. The zero-order chi connectivity index (χ0) is 25.0. The number of nitrogens with two attached hydrogens (primary N) is 1. The van der Waals surface area contributed by atoms with Crippen LogP contribution in [0.5, 0.6) is 0 Å². The summed E-state index contributed by atoms with van der Waals surface area (Å²) in [5.74, 6) is 0.283. The molecule has 4 heterocycles. The van der Waals surface area contributed by atoms with E-state index in [0.717, 1.165) is 0 Å². The molecule has 190 valence electrons. The molecule has 0 radical (unpaired) electrons. The number of aromatic nitrogens is 4. The summed E-state index contributed by atoms with van der Waals surface area (Å²) in [7, 11) is -5.54. The van der Waals surface area contributed by atoms with Crippen molar-refractivity contribution in [3.05, 3.63) is 12.7 Å². The Hall–Kier alpha value is -1.42. The van der Waals surface area contributed by atoms with Crippen LogP contribution in [0.4, 0.5) is 5.82 Å². The Morgan fingerprint density at radius 3 is 2.18 bits per heavy atom. The highest BCUT2D eigenvalue weighted by Crippen LogP contribution is 2.48. The fourth-order valence-electron chi connectivity index (χ4n) is 5.42. The van der Waals surface area contributed by atoms with Crippen molar-refractivity contribution in [3.8, 4) is 0 Å². The summed E-state index contributed by atoms with van der Waals surface area (Å²) in [5.41, 5.74) is 7.73. The van der Waals surface area contributed by atoms with Gasteiger partial charge in [0.15, 0.2) is 17.7 Å². The van der Waals surface area contributed by atoms with Gasteiger partial charge in [0, 0.05) is 0 Å². The van der Waals surface area contributed by atoms with Gasteiger partial charge in [-0.05, 0) is 22.2 Å². The van der Waals surface area contributed by atoms with Gasteiger partial charge < -0.3 is 28.5 Å². The van der Waals surface area contributed by atoms with Gasteiger partial charge in [0.25, 0.3) is 0 Å². The molecule has 0 bridgehead atoms. The number of ether oxygens (including phenoxy) is 1. The average Bonchev–Trinajstić information content (AvgIpc) is 3.29. The predicted octanol–water partition coefficient (Wildman–Crippen LogP) is 3.62. The van der Waals surface area contributed by atoms with Crippen LogP contribution in [0.25, 0.3) is 11.2 Å². The SMILES string of the molecule is CC(C)[Si]1(C(C)C)OC[C@@H]2O[C@H](n3cnc4c(N)ncnc43)C(O)[C@@H]2O[Si](C(C)C)(C(C)C)O1. The lowest BCUT2D eigenvalue weighted by Gasteiger charge is -2.51. The second-order valence-corrected chi connectivity index (χ2v) is 19.5. The van der Waals surface area contributed by atoms with Gasteiger partial charge in [0.2, 0.25) is 0 Å². The van der Waals surface area contributed by atoms with Crippen LogP contribution in [0, 0.1) is 0 Å². The van der Waals surface area contributed by atoms with Crippen LogP contribution in [-0.4, -0.2) is 66.7 Å². The maximum absolute atomic E-state index is 11.5. The van der Waals surface area contributed by atoms with E-state index < -0.39 is 41.7 Å². The monoisotopic (exact) mass is 509 g/mol. The molecule has 1 unspecified atom stereocenters. The molecule has 3 N–H and O–H groups in total. The summed E-state index contributed by atoms with van der Waals surface area (Å²) in [4.78, 5) is 12.7. The Morgan fingerprint density at radius 1 is 0.971 bits per heavy atom. The maximum Gasteiger partial charge on any atom is 0.335 e. The van der Waals surface area contributed by atoms with E-state index >= 15 is 0 Å². The van der Waals surface area contributed by atoms with Crippen molar-refractivity contribution in [1.82, 2.24) is 19.5 Å². The minimum atomic E-state index is -2.86. The van der Waals surface area contributed by atoms with Crippen molar-refractivity contribution < 1.29 is 22.8 Å². The smallest absolute Gasteiger partial charge is 0.335 e. The first-order valence-electron chi connectivity index (χ1n) is 12.2. The summed E-state index contributed by atoms with van der Waals surface area (Å²) in [6.45, 7) is 17.7. The lowest BCUT2D eigenvalue weighted by Crippen LogP contribution is -2.65. The topological polar surface area (TPSA) is 127 Å². The lowest BCUT2D eigenvalue weighted by atomic mass is 10.1. The first kappa shape index (κ1) is 25.7. The molecule has 2 aromatic rings. The number of nitrogens with zero attached hydrogens (tertiary/aromatic N) is 4. The van der Waals surface area contributed by atoms with Crippen LogP contribution in [0.1, 0.15) is 61.6 Å². The largest absolute Gasteiger partial charge is 0.414 e. The van der Waals surface area contributed by atoms with Gasteiger partial charge in [-0.15, -0.1) is 0 Å². The molecule has 4 atom stereocenters. The fraction of sp³-hybridized carbons (Fsp3) is 0.773. The van der Waals surface area contributed by atoms with Gasteiger partial charge in [-0.3, -0.25) is 4.57 Å². The van der Waals surface area contributed by atoms with Gasteiger partial charge >= 0.3 is 17.1 Å². The average molecular weight is 510 g/mol. The van der Waals surface area contributed by atoms with Crippen LogP contribution in [-0.2, 0) is 17.7 Å². The Balaban J connectivity index is 1.77. The van der Waals surface area contributed by atoms with Crippen molar-refractivity contribution in [2.45, 2.75) is 102 Å². The van der Waals surface area contributed by atoms with Crippen molar-refractivity contribution in [1.29, 1.82) is 0 Å². The van der Waals surface area contributed by atoms with Crippen LogP contribution in [0.3, 0.4) is 0 Å². The molecule has 2 aliphatic heterocycles. The van der Waals surface area contributed by atoms with E-state index in [4.69, 9.17) is 23.4 Å². The molecule has 2 aromatic heterocycles. The molecule has 0 amide bonds. The van der Waals surface area contributed by atoms with Crippen molar-refractivity contribution in [2.24, 2.45) is 0 Å². The van der Waals surface area contributed by atoms with Crippen LogP contribution in [0.2, 0.25) is 22.2 Å². The normalized spacial score (nSPS) is 29.2. The van der Waals surface area contributed by atoms with Crippen LogP contribution in [0.15, 0.2) is 12.7 Å². The van der Waals surface area contributed by atoms with E-state index in [-0.39, 0.29) is 28.0 Å². The number of fused-ring (bicyclic) bond motifs is 2. The first-order chi connectivity index (χ1) is 15.9. The van der Waals surface area contributed by atoms with Gasteiger partial charge in [-0.25, -0.2) is 15.0 Å². The molecule has 0 saturated carbocycles. The molecule has 4 rings (SSSR count). The van der Waals surface area contributed by atoms with Gasteiger partial charge in [-0.1, -0.05) is 55.4 Å². The third kappa shape index (κ3) is 3.92. The fourth-order valence-corrected chi connectivity index (χ4v) is 16.6. The van der Waals surface area contributed by atoms with Crippen LogP contribution < -0.4 is 5.73 Å². The van der Waals surface area contributed by atoms with E-state index in [2.05, 4.69) is 70.3 Å². The van der Waals surface area contributed by atoms with Gasteiger partial charge in [0.05, 0.1) is 12.9 Å². The van der Waals surface area contributed by atoms with Crippen molar-refractivity contribution >= 4 is 34.1 Å². The molecule has 0 aliphatic carbocycles. The van der Waals surface area contributed by atoms with E-state index in [1.807, 2.05) is 0 Å². The minimum Gasteiger partial charge on any atom is -0.414 e. The van der Waals surface area contributed by atoms with E-state index in [9.17, 15) is 5.11 Å². The van der Waals surface area contributed by atoms with Gasteiger partial charge in [0.1, 0.15) is 30.2 Å². The number of nitrogen functional groups attached to an aromatic ring is 1. The Kier molecular flexibility index (Phi) is 6.97. The highest BCUT2D eigenvalue weighted by molar-refractivity contribution is 6.83. The molecule has 12 heteroatoms. The number of rotatable bonds is 5. The van der Waals surface area contributed by atoms with Crippen LogP contribution >= 0.6 is 0 Å². The molecule has 10 nitrogen and oxygen atoms in total. The molecule has 34 heavy (non-hydrogen) atoms.